The van der Waals surface area contributed by atoms with Gasteiger partial charge in [0.15, 0.2) is 0 Å². The molecule has 0 fully saturated rings. The molecule has 0 aliphatic heterocycles. The molecule has 0 radical (unpaired) electrons. The summed E-state index contributed by atoms with van der Waals surface area (Å²) in [5.74, 6) is -1.86. The third-order valence-electron chi connectivity index (χ3n) is 2.44. The SMILES string of the molecule is CC(=O)CC(=O)OC(C)(C)C.CC(=O)CC(=O)OC(C)(C)C.CC(=O)CC(=O)OC(C)(C)C.CCO.[Zr]. The summed E-state index contributed by atoms with van der Waals surface area (Å²) in [5.41, 5.74) is -1.48. The number of Topliss-reactive ketones (excluding diaryl/α,β-unsaturated/α-hetero) is 3. The van der Waals surface area contributed by atoms with Crippen molar-refractivity contribution in [1.82, 2.24) is 0 Å². The van der Waals surface area contributed by atoms with E-state index in [4.69, 9.17) is 19.3 Å². The molecule has 216 valence electrons. The van der Waals surface area contributed by atoms with Gasteiger partial charge in [0.1, 0.15) is 53.4 Å². The summed E-state index contributed by atoms with van der Waals surface area (Å²) in [6.07, 6.45) is -0.383. The van der Waals surface area contributed by atoms with E-state index in [9.17, 15) is 28.8 Å². The number of aliphatic hydroxyl groups excluding tert-OH is 1. The molecule has 0 saturated carbocycles. The Kier molecular flexibility index (Phi) is 27.2. The Morgan fingerprint density at radius 3 is 0.730 bits per heavy atom. The number of hydrogen-bond donors (Lipinski definition) is 1. The van der Waals surface area contributed by atoms with Crippen LogP contribution in [-0.4, -0.2) is 63.8 Å². The normalized spacial score (nSPS) is 10.2. The fraction of sp³-hybridized carbons (Fsp3) is 0.769. The van der Waals surface area contributed by atoms with Gasteiger partial charge in [0.05, 0.1) is 0 Å². The van der Waals surface area contributed by atoms with E-state index in [0.717, 1.165) is 0 Å². The summed E-state index contributed by atoms with van der Waals surface area (Å²) >= 11 is 0. The van der Waals surface area contributed by atoms with Crippen LogP contribution in [0.25, 0.3) is 0 Å². The van der Waals surface area contributed by atoms with Gasteiger partial charge in [-0.2, -0.15) is 0 Å². The van der Waals surface area contributed by atoms with Crippen molar-refractivity contribution in [2.75, 3.05) is 6.61 Å². The maximum Gasteiger partial charge on any atom is 0.313 e. The average Bonchev–Trinajstić information content (AvgIpc) is 2.48. The predicted octanol–water partition coefficient (Wildman–Crippen LogP) is 3.92. The van der Waals surface area contributed by atoms with Crippen LogP contribution in [0.2, 0.25) is 0 Å². The van der Waals surface area contributed by atoms with Gasteiger partial charge in [-0.25, -0.2) is 0 Å². The van der Waals surface area contributed by atoms with Crippen LogP contribution in [0.3, 0.4) is 0 Å². The first-order valence-corrected chi connectivity index (χ1v) is 11.6. The molecule has 0 unspecified atom stereocenters. The van der Waals surface area contributed by atoms with Crippen LogP contribution in [0.1, 0.15) is 109 Å². The van der Waals surface area contributed by atoms with Crippen LogP contribution in [0, 0.1) is 0 Å². The average molecular weight is 612 g/mol. The van der Waals surface area contributed by atoms with E-state index < -0.39 is 34.7 Å². The van der Waals surface area contributed by atoms with Crippen LogP contribution in [0.4, 0.5) is 0 Å². The third kappa shape index (κ3) is 55.9. The van der Waals surface area contributed by atoms with Gasteiger partial charge in [-0.15, -0.1) is 0 Å². The molecule has 1 N–H and O–H groups in total. The molecule has 0 bridgehead atoms. The molecular weight excluding hydrogens is 564 g/mol. The van der Waals surface area contributed by atoms with Gasteiger partial charge in [0.25, 0.3) is 0 Å². The van der Waals surface area contributed by atoms with Gasteiger partial charge in [-0.05, 0) is 90.0 Å². The second-order valence-corrected chi connectivity index (χ2v) is 10.7. The fourth-order valence-corrected chi connectivity index (χ4v) is 1.74. The standard InChI is InChI=1S/3C8H14O3.C2H6O.Zr/c3*1-6(9)5-7(10)11-8(2,3)4;1-2-3;/h3*5H2,1-4H3;3H,2H2,1H3;. The van der Waals surface area contributed by atoms with E-state index in [2.05, 4.69) is 0 Å². The molecule has 0 atom stereocenters. The van der Waals surface area contributed by atoms with Crippen molar-refractivity contribution in [2.24, 2.45) is 0 Å². The first kappa shape index (κ1) is 45.2. The molecule has 0 heterocycles. The van der Waals surface area contributed by atoms with Gasteiger partial charge in [0, 0.05) is 32.8 Å². The first-order chi connectivity index (χ1) is 15.8. The molecular formula is C26H48O10Zr. The van der Waals surface area contributed by atoms with Crippen molar-refractivity contribution in [1.29, 1.82) is 0 Å². The van der Waals surface area contributed by atoms with Crippen LogP contribution >= 0.6 is 0 Å². The largest absolute Gasteiger partial charge is 0.460 e. The Morgan fingerprint density at radius 2 is 0.649 bits per heavy atom. The molecule has 0 aromatic carbocycles. The zero-order valence-corrected chi connectivity index (χ0v) is 27.4. The minimum atomic E-state index is -0.494. The van der Waals surface area contributed by atoms with Crippen LogP contribution < -0.4 is 0 Å². The molecule has 0 amide bonds. The zero-order chi connectivity index (χ0) is 29.9. The molecule has 0 aromatic rings. The number of esters is 3. The van der Waals surface area contributed by atoms with E-state index >= 15 is 0 Å². The minimum Gasteiger partial charge on any atom is -0.460 e. The van der Waals surface area contributed by atoms with E-state index in [1.165, 1.54) is 20.8 Å². The number of ketones is 3. The summed E-state index contributed by atoms with van der Waals surface area (Å²) in [4.78, 5) is 63.8. The molecule has 37 heavy (non-hydrogen) atoms. The fourth-order valence-electron chi connectivity index (χ4n) is 1.74. The second-order valence-electron chi connectivity index (χ2n) is 10.7. The molecule has 0 rings (SSSR count). The smallest absolute Gasteiger partial charge is 0.313 e. The van der Waals surface area contributed by atoms with E-state index in [1.54, 1.807) is 69.2 Å². The number of rotatable bonds is 6. The number of ether oxygens (including phenoxy) is 3. The maximum absolute atomic E-state index is 10.8. The Labute approximate surface area is 241 Å². The topological polar surface area (TPSA) is 150 Å². The summed E-state index contributed by atoms with van der Waals surface area (Å²) in [6.45, 7) is 21.9. The van der Waals surface area contributed by atoms with Crippen molar-refractivity contribution in [3.05, 3.63) is 0 Å². The Balaban J connectivity index is -0.000000129. The Bertz CT molecular complexity index is 613. The summed E-state index contributed by atoms with van der Waals surface area (Å²) in [7, 11) is 0. The minimum absolute atomic E-state index is 0. The van der Waals surface area contributed by atoms with Crippen LogP contribution in [-0.2, 0) is 69.2 Å². The molecule has 0 aliphatic rings. The molecule has 0 saturated heterocycles. The van der Waals surface area contributed by atoms with Gasteiger partial charge in [-0.3, -0.25) is 28.8 Å². The monoisotopic (exact) mass is 610 g/mol. The van der Waals surface area contributed by atoms with Gasteiger partial charge in [-0.1, -0.05) is 0 Å². The quantitative estimate of drug-likeness (QED) is 0.266. The van der Waals surface area contributed by atoms with Gasteiger partial charge >= 0.3 is 17.9 Å². The molecule has 0 spiro atoms. The first-order valence-electron chi connectivity index (χ1n) is 11.6. The maximum atomic E-state index is 10.8. The molecule has 0 aromatic heterocycles. The third-order valence-corrected chi connectivity index (χ3v) is 2.44. The zero-order valence-electron chi connectivity index (χ0n) is 24.9. The van der Waals surface area contributed by atoms with E-state index in [1.807, 2.05) is 0 Å². The number of carbonyl (C=O) groups is 6. The molecule has 10 nitrogen and oxygen atoms in total. The van der Waals surface area contributed by atoms with Crippen molar-refractivity contribution >= 4 is 35.3 Å². The van der Waals surface area contributed by atoms with Crippen LogP contribution in [0.15, 0.2) is 0 Å². The molecule has 0 aliphatic carbocycles. The Hall–Kier alpha value is -1.74. The summed E-state index contributed by atoms with van der Waals surface area (Å²) in [5, 5.41) is 7.57. The van der Waals surface area contributed by atoms with Crippen LogP contribution in [0.5, 0.6) is 0 Å². The van der Waals surface area contributed by atoms with Crippen molar-refractivity contribution in [2.45, 2.75) is 126 Å². The predicted molar refractivity (Wildman–Crippen MR) is 136 cm³/mol. The Morgan fingerprint density at radius 1 is 0.514 bits per heavy atom. The number of hydrogen-bond acceptors (Lipinski definition) is 10. The second kappa shape index (κ2) is 22.3. The summed E-state index contributed by atoms with van der Waals surface area (Å²) in [6, 6.07) is 0. The van der Waals surface area contributed by atoms with Crippen molar-refractivity contribution < 1.29 is 74.3 Å². The van der Waals surface area contributed by atoms with E-state index in [-0.39, 0.29) is 69.4 Å². The number of carbonyl (C=O) groups excluding carboxylic acids is 6. The van der Waals surface area contributed by atoms with Crippen molar-refractivity contribution in [3.63, 3.8) is 0 Å². The summed E-state index contributed by atoms with van der Waals surface area (Å²) < 4.78 is 14.7. The van der Waals surface area contributed by atoms with Crippen molar-refractivity contribution in [3.8, 4) is 0 Å². The molecule has 11 heteroatoms. The van der Waals surface area contributed by atoms with E-state index in [0.29, 0.717) is 0 Å². The van der Waals surface area contributed by atoms with Gasteiger partial charge in [0.2, 0.25) is 0 Å². The number of aliphatic hydroxyl groups is 1. The van der Waals surface area contributed by atoms with Gasteiger partial charge < -0.3 is 19.3 Å².